The Morgan fingerprint density at radius 1 is 1.20 bits per heavy atom. The molecule has 0 amide bonds. The largest absolute Gasteiger partial charge is 0.505 e. The molecule has 0 aromatic heterocycles. The lowest BCUT2D eigenvalue weighted by Gasteiger charge is -2.15. The highest BCUT2D eigenvalue weighted by molar-refractivity contribution is 7.98. The fourth-order valence-electron chi connectivity index (χ4n) is 1.94. The molecule has 106 valence electrons. The second-order valence-corrected chi connectivity index (χ2v) is 5.54. The Morgan fingerprint density at radius 3 is 2.50 bits per heavy atom. The van der Waals surface area contributed by atoms with Crippen LogP contribution in [0.2, 0.25) is 0 Å². The topological polar surface area (TPSA) is 32.3 Å². The van der Waals surface area contributed by atoms with Gasteiger partial charge in [-0.25, -0.2) is 4.39 Å². The summed E-state index contributed by atoms with van der Waals surface area (Å²) in [5, 5.41) is 12.5. The molecule has 0 bridgehead atoms. The van der Waals surface area contributed by atoms with E-state index in [0.29, 0.717) is 6.54 Å². The lowest BCUT2D eigenvalue weighted by molar-refractivity contribution is 0.431. The van der Waals surface area contributed by atoms with Crippen LogP contribution < -0.4 is 5.32 Å². The van der Waals surface area contributed by atoms with Crippen molar-refractivity contribution in [1.29, 1.82) is 0 Å². The second kappa shape index (κ2) is 6.77. The smallest absolute Gasteiger partial charge is 0.165 e. The van der Waals surface area contributed by atoms with Gasteiger partial charge >= 0.3 is 0 Å². The third-order valence-electron chi connectivity index (χ3n) is 3.24. The summed E-state index contributed by atoms with van der Waals surface area (Å²) in [6.07, 6.45) is 2.05. The molecule has 0 saturated carbocycles. The first-order valence-electron chi connectivity index (χ1n) is 6.45. The quantitative estimate of drug-likeness (QED) is 0.813. The molecule has 2 nitrogen and oxygen atoms in total. The van der Waals surface area contributed by atoms with Crippen LogP contribution in [-0.2, 0) is 6.54 Å². The number of phenols is 1. The zero-order valence-corrected chi connectivity index (χ0v) is 12.4. The first-order valence-corrected chi connectivity index (χ1v) is 7.67. The van der Waals surface area contributed by atoms with Gasteiger partial charge in [-0.1, -0.05) is 18.2 Å². The molecule has 0 aliphatic rings. The van der Waals surface area contributed by atoms with Crippen molar-refractivity contribution in [3.05, 3.63) is 59.4 Å². The van der Waals surface area contributed by atoms with Gasteiger partial charge in [-0.2, -0.15) is 0 Å². The normalized spacial score (nSPS) is 12.3. The molecule has 2 aromatic rings. The summed E-state index contributed by atoms with van der Waals surface area (Å²) in [5.74, 6) is -0.893. The monoisotopic (exact) mass is 291 g/mol. The zero-order chi connectivity index (χ0) is 14.5. The van der Waals surface area contributed by atoms with Crippen LogP contribution in [0.3, 0.4) is 0 Å². The van der Waals surface area contributed by atoms with E-state index in [1.54, 1.807) is 17.8 Å². The Bertz CT molecular complexity index is 571. The fraction of sp³-hybridized carbons (Fsp3) is 0.250. The highest BCUT2D eigenvalue weighted by Crippen LogP contribution is 2.20. The van der Waals surface area contributed by atoms with E-state index < -0.39 is 5.82 Å². The standard InChI is InChI=1S/C16H18FNOS/c1-11(13-4-6-14(20-2)7-5-13)18-10-12-3-8-16(19)15(17)9-12/h3-9,11,18-19H,10H2,1-2H3. The van der Waals surface area contributed by atoms with Crippen molar-refractivity contribution in [2.45, 2.75) is 24.4 Å². The van der Waals surface area contributed by atoms with Crippen LogP contribution in [0, 0.1) is 5.82 Å². The molecule has 0 radical (unpaired) electrons. The molecule has 0 heterocycles. The van der Waals surface area contributed by atoms with Gasteiger partial charge < -0.3 is 10.4 Å². The van der Waals surface area contributed by atoms with Gasteiger partial charge in [0.15, 0.2) is 11.6 Å². The number of hydrogen-bond acceptors (Lipinski definition) is 3. The minimum Gasteiger partial charge on any atom is -0.505 e. The number of aromatic hydroxyl groups is 1. The van der Waals surface area contributed by atoms with Crippen LogP contribution in [0.15, 0.2) is 47.4 Å². The number of phenolic OH excluding ortho intramolecular Hbond substituents is 1. The van der Waals surface area contributed by atoms with Gasteiger partial charge in [0.25, 0.3) is 0 Å². The van der Waals surface area contributed by atoms with Crippen molar-refractivity contribution in [2.75, 3.05) is 6.26 Å². The van der Waals surface area contributed by atoms with Gasteiger partial charge in [-0.15, -0.1) is 11.8 Å². The molecular weight excluding hydrogens is 273 g/mol. The summed E-state index contributed by atoms with van der Waals surface area (Å²) in [6, 6.07) is 13.0. The van der Waals surface area contributed by atoms with E-state index in [9.17, 15) is 4.39 Å². The van der Waals surface area contributed by atoms with Crippen LogP contribution in [0.1, 0.15) is 24.1 Å². The van der Waals surface area contributed by atoms with E-state index in [4.69, 9.17) is 5.11 Å². The van der Waals surface area contributed by atoms with E-state index in [1.807, 2.05) is 0 Å². The van der Waals surface area contributed by atoms with Crippen molar-refractivity contribution in [3.63, 3.8) is 0 Å². The maximum Gasteiger partial charge on any atom is 0.165 e. The third kappa shape index (κ3) is 3.74. The Hall–Kier alpha value is -1.52. The van der Waals surface area contributed by atoms with E-state index in [0.717, 1.165) is 5.56 Å². The number of halogens is 1. The number of thioether (sulfide) groups is 1. The molecule has 0 fully saturated rings. The van der Waals surface area contributed by atoms with Crippen LogP contribution in [-0.4, -0.2) is 11.4 Å². The highest BCUT2D eigenvalue weighted by atomic mass is 32.2. The van der Waals surface area contributed by atoms with Crippen LogP contribution in [0.4, 0.5) is 4.39 Å². The summed E-state index contributed by atoms with van der Waals surface area (Å²) < 4.78 is 13.2. The van der Waals surface area contributed by atoms with Crippen LogP contribution in [0.5, 0.6) is 5.75 Å². The molecular formula is C16H18FNOS. The first-order chi connectivity index (χ1) is 9.60. The Labute approximate surface area is 123 Å². The van der Waals surface area contributed by atoms with Crippen molar-refractivity contribution in [2.24, 2.45) is 0 Å². The molecule has 1 unspecified atom stereocenters. The molecule has 0 aliphatic carbocycles. The van der Waals surface area contributed by atoms with Crippen LogP contribution >= 0.6 is 11.8 Å². The Morgan fingerprint density at radius 2 is 1.90 bits per heavy atom. The zero-order valence-electron chi connectivity index (χ0n) is 11.6. The molecule has 2 N–H and O–H groups in total. The number of rotatable bonds is 5. The average molecular weight is 291 g/mol. The minimum absolute atomic E-state index is 0.183. The van der Waals surface area contributed by atoms with Gasteiger partial charge in [0, 0.05) is 17.5 Å². The summed E-state index contributed by atoms with van der Waals surface area (Å²) in [4.78, 5) is 1.24. The molecule has 2 aromatic carbocycles. The first kappa shape index (κ1) is 14.9. The number of nitrogens with one attached hydrogen (secondary N) is 1. The summed E-state index contributed by atoms with van der Waals surface area (Å²) in [5.41, 5.74) is 2.01. The van der Waals surface area contributed by atoms with Gasteiger partial charge in [-0.05, 0) is 48.6 Å². The van der Waals surface area contributed by atoms with E-state index in [-0.39, 0.29) is 11.8 Å². The summed E-state index contributed by atoms with van der Waals surface area (Å²) >= 11 is 1.72. The summed E-state index contributed by atoms with van der Waals surface area (Å²) in [6.45, 7) is 2.63. The van der Waals surface area contributed by atoms with Gasteiger partial charge in [0.2, 0.25) is 0 Å². The van der Waals surface area contributed by atoms with E-state index >= 15 is 0 Å². The predicted molar refractivity (Wildman–Crippen MR) is 81.5 cm³/mol. The Balaban J connectivity index is 1.96. The van der Waals surface area contributed by atoms with Crippen molar-refractivity contribution < 1.29 is 9.50 Å². The van der Waals surface area contributed by atoms with E-state index in [2.05, 4.69) is 42.8 Å². The second-order valence-electron chi connectivity index (χ2n) is 4.66. The maximum atomic E-state index is 13.2. The van der Waals surface area contributed by atoms with Crippen molar-refractivity contribution >= 4 is 11.8 Å². The molecule has 0 aliphatic heterocycles. The molecule has 1 atom stereocenters. The summed E-state index contributed by atoms with van der Waals surface area (Å²) in [7, 11) is 0. The van der Waals surface area contributed by atoms with Gasteiger partial charge in [0.05, 0.1) is 0 Å². The number of benzene rings is 2. The van der Waals surface area contributed by atoms with Gasteiger partial charge in [0.1, 0.15) is 0 Å². The van der Waals surface area contributed by atoms with E-state index in [1.165, 1.54) is 22.6 Å². The highest BCUT2D eigenvalue weighted by Gasteiger charge is 2.06. The fourth-order valence-corrected chi connectivity index (χ4v) is 2.35. The molecule has 20 heavy (non-hydrogen) atoms. The lowest BCUT2D eigenvalue weighted by Crippen LogP contribution is -2.18. The predicted octanol–water partition coefficient (Wildman–Crippen LogP) is 4.10. The number of hydrogen-bond donors (Lipinski definition) is 2. The van der Waals surface area contributed by atoms with Crippen molar-refractivity contribution in [3.8, 4) is 5.75 Å². The molecule has 0 spiro atoms. The molecule has 4 heteroatoms. The minimum atomic E-state index is -0.582. The van der Waals surface area contributed by atoms with Gasteiger partial charge in [-0.3, -0.25) is 0 Å². The maximum absolute atomic E-state index is 13.2. The lowest BCUT2D eigenvalue weighted by atomic mass is 10.1. The Kier molecular flexibility index (Phi) is 5.04. The van der Waals surface area contributed by atoms with Crippen molar-refractivity contribution in [1.82, 2.24) is 5.32 Å². The molecule has 2 rings (SSSR count). The SMILES string of the molecule is CSc1ccc(C(C)NCc2ccc(O)c(F)c2)cc1. The molecule has 0 saturated heterocycles. The van der Waals surface area contributed by atoms with Crippen LogP contribution in [0.25, 0.3) is 0 Å². The third-order valence-corrected chi connectivity index (χ3v) is 3.98. The average Bonchev–Trinajstić information content (AvgIpc) is 2.48.